The van der Waals surface area contributed by atoms with Crippen LogP contribution < -0.4 is 9.64 Å². The van der Waals surface area contributed by atoms with Gasteiger partial charge in [0.1, 0.15) is 11.8 Å². The zero-order chi connectivity index (χ0) is 18.8. The summed E-state index contributed by atoms with van der Waals surface area (Å²) < 4.78 is 6.10. The lowest BCUT2D eigenvalue weighted by Gasteiger charge is -2.32. The van der Waals surface area contributed by atoms with Gasteiger partial charge in [-0.05, 0) is 25.0 Å². The van der Waals surface area contributed by atoms with Crippen molar-refractivity contribution >= 4 is 22.6 Å². The van der Waals surface area contributed by atoms with Crippen LogP contribution in [0, 0.1) is 0 Å². The molecule has 3 heterocycles. The predicted molar refractivity (Wildman–Crippen MR) is 104 cm³/mol. The van der Waals surface area contributed by atoms with Crippen molar-refractivity contribution in [2.75, 3.05) is 32.1 Å². The average molecular weight is 365 g/mol. The van der Waals surface area contributed by atoms with Gasteiger partial charge in [0.2, 0.25) is 0 Å². The highest BCUT2D eigenvalue weighted by Gasteiger charge is 2.27. The van der Waals surface area contributed by atoms with Crippen LogP contribution in [-0.4, -0.2) is 59.0 Å². The maximum atomic E-state index is 12.9. The number of aromatic nitrogens is 3. The molecule has 0 radical (unpaired) electrons. The molecular formula is C20H23N5O2. The Morgan fingerprint density at radius 2 is 2.07 bits per heavy atom. The lowest BCUT2D eigenvalue weighted by atomic mass is 10.1. The van der Waals surface area contributed by atoms with E-state index in [-0.39, 0.29) is 12.0 Å². The molecular weight excluding hydrogens is 342 g/mol. The lowest BCUT2D eigenvalue weighted by Crippen LogP contribution is -2.44. The molecule has 0 saturated carbocycles. The number of carbonyl (C=O) groups is 1. The molecule has 1 saturated heterocycles. The van der Waals surface area contributed by atoms with Gasteiger partial charge in [0.05, 0.1) is 6.54 Å². The van der Waals surface area contributed by atoms with E-state index in [0.717, 1.165) is 30.3 Å². The van der Waals surface area contributed by atoms with Gasteiger partial charge >= 0.3 is 0 Å². The van der Waals surface area contributed by atoms with E-state index >= 15 is 0 Å². The van der Waals surface area contributed by atoms with Crippen LogP contribution in [0.3, 0.4) is 0 Å². The SMILES string of the molecule is CN(C)c1nccnc1OC1CCCN(C(=O)c2cc3ccccc3[nH]2)C1. The molecule has 3 aromatic rings. The largest absolute Gasteiger partial charge is 0.470 e. The fourth-order valence-electron chi connectivity index (χ4n) is 3.44. The third-order valence-electron chi connectivity index (χ3n) is 4.77. The summed E-state index contributed by atoms with van der Waals surface area (Å²) in [5.74, 6) is 1.20. The number of H-pyrrole nitrogens is 1. The van der Waals surface area contributed by atoms with Crippen LogP contribution in [0.5, 0.6) is 5.88 Å². The molecule has 0 bridgehead atoms. The highest BCUT2D eigenvalue weighted by atomic mass is 16.5. The minimum Gasteiger partial charge on any atom is -0.470 e. The summed E-state index contributed by atoms with van der Waals surface area (Å²) in [6, 6.07) is 9.82. The molecule has 1 atom stereocenters. The van der Waals surface area contributed by atoms with Crippen LogP contribution in [0.2, 0.25) is 0 Å². The molecule has 1 unspecified atom stereocenters. The normalized spacial score (nSPS) is 17.1. The summed E-state index contributed by atoms with van der Waals surface area (Å²) in [4.78, 5) is 28.5. The van der Waals surface area contributed by atoms with E-state index in [9.17, 15) is 4.79 Å². The van der Waals surface area contributed by atoms with Crippen molar-refractivity contribution in [2.45, 2.75) is 18.9 Å². The first-order chi connectivity index (χ1) is 13.1. The Labute approximate surface area is 158 Å². The van der Waals surface area contributed by atoms with Crippen molar-refractivity contribution in [3.05, 3.63) is 48.4 Å². The number of fused-ring (bicyclic) bond motifs is 1. The number of carbonyl (C=O) groups excluding carboxylic acids is 1. The molecule has 1 fully saturated rings. The topological polar surface area (TPSA) is 74.3 Å². The van der Waals surface area contributed by atoms with Gasteiger partial charge in [0, 0.05) is 43.9 Å². The molecule has 1 amide bonds. The van der Waals surface area contributed by atoms with Crippen LogP contribution >= 0.6 is 0 Å². The summed E-state index contributed by atoms with van der Waals surface area (Å²) in [6.07, 6.45) is 4.96. The number of nitrogens with zero attached hydrogens (tertiary/aromatic N) is 4. The Kier molecular flexibility index (Phi) is 4.66. The number of rotatable bonds is 4. The van der Waals surface area contributed by atoms with Gasteiger partial charge in [-0.1, -0.05) is 18.2 Å². The van der Waals surface area contributed by atoms with Gasteiger partial charge in [-0.3, -0.25) is 4.79 Å². The number of piperidine rings is 1. The van der Waals surface area contributed by atoms with Gasteiger partial charge in [0.15, 0.2) is 5.82 Å². The van der Waals surface area contributed by atoms with Crippen LogP contribution in [0.4, 0.5) is 5.82 Å². The standard InChI is InChI=1S/C20H23N5O2/c1-24(2)18-19(22-10-9-21-18)27-15-7-5-11-25(13-15)20(26)17-12-14-6-3-4-8-16(14)23-17/h3-4,6,8-10,12,15,23H,5,7,11,13H2,1-2H3. The Morgan fingerprint density at radius 3 is 2.89 bits per heavy atom. The third kappa shape index (κ3) is 3.58. The summed E-state index contributed by atoms with van der Waals surface area (Å²) in [6.45, 7) is 1.27. The van der Waals surface area contributed by atoms with E-state index in [1.54, 1.807) is 12.4 Å². The number of benzene rings is 1. The Morgan fingerprint density at radius 1 is 1.26 bits per heavy atom. The van der Waals surface area contributed by atoms with E-state index in [2.05, 4.69) is 15.0 Å². The summed E-state index contributed by atoms with van der Waals surface area (Å²) in [7, 11) is 3.81. The summed E-state index contributed by atoms with van der Waals surface area (Å²) in [5.41, 5.74) is 1.59. The van der Waals surface area contributed by atoms with E-state index in [4.69, 9.17) is 4.74 Å². The monoisotopic (exact) mass is 365 g/mol. The van der Waals surface area contributed by atoms with Crippen molar-refractivity contribution in [3.8, 4) is 5.88 Å². The van der Waals surface area contributed by atoms with Crippen LogP contribution in [-0.2, 0) is 0 Å². The maximum absolute atomic E-state index is 12.9. The van der Waals surface area contributed by atoms with Gasteiger partial charge in [-0.15, -0.1) is 0 Å². The van der Waals surface area contributed by atoms with E-state index in [0.29, 0.717) is 23.9 Å². The maximum Gasteiger partial charge on any atom is 0.270 e. The van der Waals surface area contributed by atoms with Crippen LogP contribution in [0.1, 0.15) is 23.3 Å². The number of ether oxygens (including phenoxy) is 1. The fraction of sp³-hybridized carbons (Fsp3) is 0.350. The number of nitrogens with one attached hydrogen (secondary N) is 1. The molecule has 2 aromatic heterocycles. The van der Waals surface area contributed by atoms with Gasteiger partial charge in [0.25, 0.3) is 11.8 Å². The Hall–Kier alpha value is -3.09. The number of amides is 1. The first kappa shape index (κ1) is 17.3. The van der Waals surface area contributed by atoms with E-state index < -0.39 is 0 Å². The Bertz CT molecular complexity index is 919. The molecule has 4 rings (SSSR count). The van der Waals surface area contributed by atoms with Crippen molar-refractivity contribution in [1.82, 2.24) is 19.9 Å². The van der Waals surface area contributed by atoms with Gasteiger partial charge < -0.3 is 19.5 Å². The Balaban J connectivity index is 1.49. The average Bonchev–Trinajstić information content (AvgIpc) is 3.12. The molecule has 7 heteroatoms. The zero-order valence-electron chi connectivity index (χ0n) is 15.6. The van der Waals surface area contributed by atoms with Gasteiger partial charge in [-0.25, -0.2) is 9.97 Å². The molecule has 0 spiro atoms. The number of likely N-dealkylation sites (tertiary alicyclic amines) is 1. The number of hydrogen-bond acceptors (Lipinski definition) is 5. The quantitative estimate of drug-likeness (QED) is 0.769. The fourth-order valence-corrected chi connectivity index (χ4v) is 3.44. The second-order valence-electron chi connectivity index (χ2n) is 6.98. The molecule has 7 nitrogen and oxygen atoms in total. The zero-order valence-corrected chi connectivity index (χ0v) is 15.6. The number of aromatic amines is 1. The highest BCUT2D eigenvalue weighted by molar-refractivity contribution is 5.98. The second kappa shape index (κ2) is 7.26. The van der Waals surface area contributed by atoms with Crippen molar-refractivity contribution in [1.29, 1.82) is 0 Å². The number of anilines is 1. The third-order valence-corrected chi connectivity index (χ3v) is 4.77. The molecule has 1 aliphatic rings. The van der Waals surface area contributed by atoms with Crippen LogP contribution in [0.25, 0.3) is 10.9 Å². The number of para-hydroxylation sites is 1. The minimum absolute atomic E-state index is 0.00600. The molecule has 27 heavy (non-hydrogen) atoms. The molecule has 1 N–H and O–H groups in total. The van der Waals surface area contributed by atoms with Crippen LogP contribution in [0.15, 0.2) is 42.7 Å². The minimum atomic E-state index is -0.0949. The molecule has 140 valence electrons. The van der Waals surface area contributed by atoms with Crippen molar-refractivity contribution in [3.63, 3.8) is 0 Å². The first-order valence-corrected chi connectivity index (χ1v) is 9.14. The molecule has 0 aliphatic carbocycles. The highest BCUT2D eigenvalue weighted by Crippen LogP contribution is 2.25. The van der Waals surface area contributed by atoms with Crippen molar-refractivity contribution in [2.24, 2.45) is 0 Å². The smallest absolute Gasteiger partial charge is 0.270 e. The summed E-state index contributed by atoms with van der Waals surface area (Å²) >= 11 is 0. The van der Waals surface area contributed by atoms with Crippen molar-refractivity contribution < 1.29 is 9.53 Å². The van der Waals surface area contributed by atoms with E-state index in [1.807, 2.05) is 54.2 Å². The molecule has 1 aromatic carbocycles. The lowest BCUT2D eigenvalue weighted by molar-refractivity contribution is 0.0524. The van der Waals surface area contributed by atoms with Gasteiger partial charge in [-0.2, -0.15) is 0 Å². The summed E-state index contributed by atoms with van der Waals surface area (Å²) in [5, 5.41) is 1.04. The molecule has 1 aliphatic heterocycles. The number of hydrogen-bond donors (Lipinski definition) is 1. The first-order valence-electron chi connectivity index (χ1n) is 9.14. The van der Waals surface area contributed by atoms with E-state index in [1.165, 1.54) is 0 Å². The second-order valence-corrected chi connectivity index (χ2v) is 6.98. The predicted octanol–water partition coefficient (Wildman–Crippen LogP) is 2.71.